The molecule has 0 radical (unpaired) electrons. The van der Waals surface area contributed by atoms with Crippen LogP contribution >= 0.6 is 22.9 Å². The quantitative estimate of drug-likeness (QED) is 0.539. The number of hydrogen-bond donors (Lipinski definition) is 0. The summed E-state index contributed by atoms with van der Waals surface area (Å²) >= 11 is 8.33. The molecule has 5 rings (SSSR count). The van der Waals surface area contributed by atoms with Crippen LogP contribution < -0.4 is 14.2 Å². The van der Waals surface area contributed by atoms with Gasteiger partial charge >= 0.3 is 0 Å². The highest BCUT2D eigenvalue weighted by atomic mass is 35.5. The Bertz CT molecular complexity index is 1080. The molecule has 0 saturated heterocycles. The number of rotatable bonds is 4. The van der Waals surface area contributed by atoms with Gasteiger partial charge < -0.3 is 14.2 Å². The molecule has 29 heavy (non-hydrogen) atoms. The molecule has 0 N–H and O–H groups in total. The number of hydrazone groups is 1. The van der Waals surface area contributed by atoms with Crippen LogP contribution in [0.5, 0.6) is 17.2 Å². The first-order valence-corrected chi connectivity index (χ1v) is 10.5. The first-order valence-electron chi connectivity index (χ1n) is 9.26. The molecule has 2 atom stereocenters. The van der Waals surface area contributed by atoms with Crippen LogP contribution in [0.1, 0.15) is 34.7 Å². The predicted octanol–water partition coefficient (Wildman–Crippen LogP) is 5.66. The second kappa shape index (κ2) is 7.28. The third-order valence-corrected chi connectivity index (χ3v) is 6.52. The number of nitrogens with zero attached hydrogens (tertiary/aromatic N) is 2. The van der Waals surface area contributed by atoms with Crippen LogP contribution in [-0.4, -0.2) is 24.9 Å². The molecule has 1 aromatic heterocycles. The van der Waals surface area contributed by atoms with Gasteiger partial charge in [0.1, 0.15) is 5.75 Å². The van der Waals surface area contributed by atoms with Gasteiger partial charge in [0, 0.05) is 23.6 Å². The van der Waals surface area contributed by atoms with E-state index in [9.17, 15) is 0 Å². The van der Waals surface area contributed by atoms with Gasteiger partial charge in [-0.2, -0.15) is 5.10 Å². The molecule has 3 heterocycles. The Morgan fingerprint density at radius 3 is 2.62 bits per heavy atom. The van der Waals surface area contributed by atoms with Gasteiger partial charge in [0.15, 0.2) is 11.5 Å². The molecule has 5 nitrogen and oxygen atoms in total. The van der Waals surface area contributed by atoms with Crippen LogP contribution in [0.25, 0.3) is 0 Å². The maximum Gasteiger partial charge on any atom is 0.215 e. The van der Waals surface area contributed by atoms with Gasteiger partial charge in [-0.3, -0.25) is 0 Å². The van der Waals surface area contributed by atoms with Gasteiger partial charge in [-0.15, -0.1) is 11.3 Å². The normalized spacial score (nSPS) is 19.8. The van der Waals surface area contributed by atoms with Crippen LogP contribution in [0.2, 0.25) is 5.02 Å². The highest BCUT2D eigenvalue weighted by Gasteiger charge is 2.42. The summed E-state index contributed by atoms with van der Waals surface area (Å²) < 4.78 is 17.3. The van der Waals surface area contributed by atoms with E-state index in [0.29, 0.717) is 16.5 Å². The lowest BCUT2D eigenvalue weighted by Crippen LogP contribution is -2.33. The van der Waals surface area contributed by atoms with Gasteiger partial charge in [-0.05, 0) is 23.6 Å². The van der Waals surface area contributed by atoms with E-state index in [1.165, 1.54) is 4.88 Å². The summed E-state index contributed by atoms with van der Waals surface area (Å²) in [6.45, 7) is 0. The van der Waals surface area contributed by atoms with E-state index in [2.05, 4.69) is 17.5 Å². The molecule has 0 unspecified atom stereocenters. The summed E-state index contributed by atoms with van der Waals surface area (Å²) in [5.41, 5.74) is 2.99. The minimum Gasteiger partial charge on any atom is -0.493 e. The lowest BCUT2D eigenvalue weighted by Gasteiger charge is -2.38. The van der Waals surface area contributed by atoms with Crippen LogP contribution in [0.3, 0.4) is 0 Å². The van der Waals surface area contributed by atoms with Gasteiger partial charge in [0.25, 0.3) is 0 Å². The van der Waals surface area contributed by atoms with E-state index in [-0.39, 0.29) is 6.04 Å². The average Bonchev–Trinajstić information content (AvgIpc) is 3.43. The average molecular weight is 427 g/mol. The van der Waals surface area contributed by atoms with Crippen LogP contribution in [-0.2, 0) is 0 Å². The minimum absolute atomic E-state index is 0.0891. The second-order valence-corrected chi connectivity index (χ2v) is 8.22. The smallest absolute Gasteiger partial charge is 0.215 e. The van der Waals surface area contributed by atoms with Gasteiger partial charge in [0.2, 0.25) is 6.23 Å². The fourth-order valence-corrected chi connectivity index (χ4v) is 4.86. The van der Waals surface area contributed by atoms with Crippen molar-refractivity contribution in [3.8, 4) is 17.2 Å². The fraction of sp³-hybridized carbons (Fsp3) is 0.227. The highest BCUT2D eigenvalue weighted by Crippen LogP contribution is 2.49. The molecular weight excluding hydrogens is 408 g/mol. The highest BCUT2D eigenvalue weighted by molar-refractivity contribution is 7.12. The Hall–Kier alpha value is -2.70. The monoisotopic (exact) mass is 426 g/mol. The molecule has 0 spiro atoms. The van der Waals surface area contributed by atoms with E-state index in [4.69, 9.17) is 30.9 Å². The Labute approximate surface area is 178 Å². The van der Waals surface area contributed by atoms with Gasteiger partial charge in [0.05, 0.1) is 35.9 Å². The Morgan fingerprint density at radius 1 is 1.07 bits per heavy atom. The van der Waals surface area contributed by atoms with Crippen molar-refractivity contribution in [2.24, 2.45) is 5.10 Å². The molecule has 0 aliphatic carbocycles. The molecule has 2 aromatic carbocycles. The maximum atomic E-state index is 6.64. The lowest BCUT2D eigenvalue weighted by molar-refractivity contribution is -0.0191. The van der Waals surface area contributed by atoms with Gasteiger partial charge in [-0.1, -0.05) is 35.9 Å². The molecule has 148 valence electrons. The summed E-state index contributed by atoms with van der Waals surface area (Å²) in [6.07, 6.45) is 0.363. The molecule has 0 bridgehead atoms. The summed E-state index contributed by atoms with van der Waals surface area (Å²) in [5.74, 6) is 2.04. The zero-order chi connectivity index (χ0) is 20.0. The number of ether oxygens (including phenoxy) is 3. The molecule has 0 fully saturated rings. The molecule has 0 amide bonds. The van der Waals surface area contributed by atoms with Gasteiger partial charge in [-0.25, -0.2) is 5.01 Å². The van der Waals surface area contributed by atoms with Crippen molar-refractivity contribution in [2.75, 3.05) is 14.2 Å². The zero-order valence-corrected chi connectivity index (χ0v) is 17.5. The van der Waals surface area contributed by atoms with E-state index in [1.54, 1.807) is 31.6 Å². The molecule has 2 aliphatic heterocycles. The van der Waals surface area contributed by atoms with Crippen LogP contribution in [0.4, 0.5) is 0 Å². The SMILES string of the molecule is COc1cc(Cl)c([C@H]2Oc3ccccc3[C@@H]3CC(c4cccs4)=NN23)cc1OC. The Morgan fingerprint density at radius 2 is 1.86 bits per heavy atom. The van der Waals surface area contributed by atoms with E-state index >= 15 is 0 Å². The number of para-hydroxylation sites is 1. The zero-order valence-electron chi connectivity index (χ0n) is 16.0. The number of methoxy groups -OCH3 is 2. The molecule has 0 saturated carbocycles. The largest absolute Gasteiger partial charge is 0.493 e. The van der Waals surface area contributed by atoms with Crippen molar-refractivity contribution in [3.05, 3.63) is 74.9 Å². The fourth-order valence-electron chi connectivity index (χ4n) is 3.89. The van der Waals surface area contributed by atoms with Crippen molar-refractivity contribution in [1.29, 1.82) is 0 Å². The van der Waals surface area contributed by atoms with Crippen molar-refractivity contribution < 1.29 is 14.2 Å². The van der Waals surface area contributed by atoms with Crippen LogP contribution in [0, 0.1) is 0 Å². The third kappa shape index (κ3) is 3.03. The standard InChI is InChI=1S/C22H19ClN2O3S/c1-26-19-10-14(15(23)11-20(19)27-2)22-25-17(13-6-3-4-7-18(13)28-22)12-16(24-25)21-8-5-9-29-21/h3-11,17,22H,12H2,1-2H3/t17-,22+/m0/s1. The third-order valence-electron chi connectivity index (χ3n) is 5.27. The van der Waals surface area contributed by atoms with Crippen molar-refractivity contribution >= 4 is 28.6 Å². The van der Waals surface area contributed by atoms with E-state index in [0.717, 1.165) is 29.0 Å². The minimum atomic E-state index is -0.459. The van der Waals surface area contributed by atoms with Crippen LogP contribution in [0.15, 0.2) is 59.0 Å². The first-order chi connectivity index (χ1) is 14.2. The Kier molecular flexibility index (Phi) is 4.60. The van der Waals surface area contributed by atoms with Crippen molar-refractivity contribution in [3.63, 3.8) is 0 Å². The topological polar surface area (TPSA) is 43.3 Å². The van der Waals surface area contributed by atoms with Crippen molar-refractivity contribution in [1.82, 2.24) is 5.01 Å². The van der Waals surface area contributed by atoms with E-state index in [1.807, 2.05) is 35.3 Å². The second-order valence-electron chi connectivity index (χ2n) is 6.86. The summed E-state index contributed by atoms with van der Waals surface area (Å²) in [5, 5.41) is 9.59. The predicted molar refractivity (Wildman–Crippen MR) is 114 cm³/mol. The molecule has 7 heteroatoms. The first kappa shape index (κ1) is 18.3. The number of hydrogen-bond acceptors (Lipinski definition) is 6. The maximum absolute atomic E-state index is 6.64. The number of benzene rings is 2. The molecule has 3 aromatic rings. The summed E-state index contributed by atoms with van der Waals surface area (Å²) in [7, 11) is 3.20. The van der Waals surface area contributed by atoms with E-state index < -0.39 is 6.23 Å². The lowest BCUT2D eigenvalue weighted by atomic mass is 9.97. The number of fused-ring (bicyclic) bond motifs is 3. The van der Waals surface area contributed by atoms with Crippen molar-refractivity contribution in [2.45, 2.75) is 18.7 Å². The number of halogens is 1. The molecule has 2 aliphatic rings. The molecular formula is C22H19ClN2O3S. The summed E-state index contributed by atoms with van der Waals surface area (Å²) in [4.78, 5) is 1.18. The number of thiophene rings is 1. The summed E-state index contributed by atoms with van der Waals surface area (Å²) in [6, 6.07) is 16.0. The Balaban J connectivity index is 1.63.